The van der Waals surface area contributed by atoms with E-state index in [0.717, 1.165) is 5.56 Å². The van der Waals surface area contributed by atoms with E-state index in [-0.39, 0.29) is 29.5 Å². The molecule has 132 valence electrons. The molecular formula is C16H23N3O4S. The van der Waals surface area contributed by atoms with Crippen LogP contribution >= 0.6 is 0 Å². The minimum Gasteiger partial charge on any atom is -0.384 e. The lowest BCUT2D eigenvalue weighted by Gasteiger charge is -2.44. The molecule has 1 aromatic heterocycles. The fraction of sp³-hybridized carbons (Fsp3) is 0.625. The Balaban J connectivity index is 1.76. The Hall–Kier alpha value is -1.51. The Bertz CT molecular complexity index is 680. The number of rotatable bonds is 5. The van der Waals surface area contributed by atoms with Crippen LogP contribution in [0.5, 0.6) is 0 Å². The average molecular weight is 353 g/mol. The predicted octanol–water partition coefficient (Wildman–Crippen LogP) is -0.0721. The van der Waals surface area contributed by atoms with Crippen molar-refractivity contribution in [2.24, 2.45) is 0 Å². The first kappa shape index (κ1) is 17.3. The predicted molar refractivity (Wildman–Crippen MR) is 89.1 cm³/mol. The van der Waals surface area contributed by atoms with Crippen LogP contribution in [-0.4, -0.2) is 79.5 Å². The van der Waals surface area contributed by atoms with Crippen molar-refractivity contribution in [2.75, 3.05) is 38.3 Å². The van der Waals surface area contributed by atoms with Gasteiger partial charge in [0.25, 0.3) is 0 Å². The highest BCUT2D eigenvalue weighted by molar-refractivity contribution is 7.91. The first-order chi connectivity index (χ1) is 11.5. The molecule has 0 aliphatic carbocycles. The van der Waals surface area contributed by atoms with Crippen molar-refractivity contribution in [3.05, 3.63) is 30.1 Å². The molecule has 7 nitrogen and oxygen atoms in total. The number of nitrogens with zero attached hydrogens (tertiary/aromatic N) is 3. The van der Waals surface area contributed by atoms with Crippen molar-refractivity contribution in [2.45, 2.75) is 25.0 Å². The number of piperazine rings is 1. The van der Waals surface area contributed by atoms with Gasteiger partial charge in [0.2, 0.25) is 5.91 Å². The first-order valence-corrected chi connectivity index (χ1v) is 9.94. The number of methoxy groups -OCH3 is 1. The molecule has 3 rings (SSSR count). The van der Waals surface area contributed by atoms with Crippen molar-refractivity contribution >= 4 is 15.7 Å². The Kier molecular flexibility index (Phi) is 5.17. The molecule has 2 atom stereocenters. The molecular weight excluding hydrogens is 330 g/mol. The molecule has 2 aliphatic rings. The van der Waals surface area contributed by atoms with Gasteiger partial charge in [0.1, 0.15) is 0 Å². The lowest BCUT2D eigenvalue weighted by Crippen LogP contribution is -2.60. The molecule has 2 saturated heterocycles. The van der Waals surface area contributed by atoms with E-state index in [1.165, 1.54) is 0 Å². The summed E-state index contributed by atoms with van der Waals surface area (Å²) in [7, 11) is -1.57. The van der Waals surface area contributed by atoms with Gasteiger partial charge in [-0.1, -0.05) is 6.07 Å². The van der Waals surface area contributed by atoms with E-state index in [4.69, 9.17) is 4.74 Å². The van der Waals surface area contributed by atoms with Crippen LogP contribution in [0.15, 0.2) is 24.5 Å². The number of carbonyl (C=O) groups excluding carboxylic acids is 1. The molecule has 2 aliphatic heterocycles. The molecule has 0 spiro atoms. The van der Waals surface area contributed by atoms with Crippen LogP contribution in [-0.2, 0) is 25.9 Å². The number of ether oxygens (including phenoxy) is 1. The van der Waals surface area contributed by atoms with Crippen molar-refractivity contribution < 1.29 is 17.9 Å². The van der Waals surface area contributed by atoms with Crippen molar-refractivity contribution in [1.29, 1.82) is 0 Å². The van der Waals surface area contributed by atoms with E-state index in [1.807, 2.05) is 12.1 Å². The number of hydrogen-bond acceptors (Lipinski definition) is 6. The zero-order chi connectivity index (χ0) is 17.2. The topological polar surface area (TPSA) is 79.8 Å². The zero-order valence-corrected chi connectivity index (χ0v) is 14.6. The molecule has 3 heterocycles. The molecule has 0 bridgehead atoms. The van der Waals surface area contributed by atoms with Gasteiger partial charge in [0.05, 0.1) is 30.6 Å². The SMILES string of the molecule is COCCC(=O)N1CCN(Cc2cccnc2)[C@@H]2CS(=O)(=O)C[C@@H]21. The van der Waals surface area contributed by atoms with Crippen LogP contribution < -0.4 is 0 Å². The summed E-state index contributed by atoms with van der Waals surface area (Å²) >= 11 is 0. The number of fused-ring (bicyclic) bond motifs is 1. The third kappa shape index (κ3) is 3.76. The smallest absolute Gasteiger partial charge is 0.225 e. The molecule has 0 radical (unpaired) electrons. The largest absolute Gasteiger partial charge is 0.384 e. The highest BCUT2D eigenvalue weighted by atomic mass is 32.2. The number of sulfone groups is 1. The maximum Gasteiger partial charge on any atom is 0.225 e. The van der Waals surface area contributed by atoms with E-state index in [1.54, 1.807) is 24.4 Å². The van der Waals surface area contributed by atoms with Gasteiger partial charge in [-0.05, 0) is 11.6 Å². The number of hydrogen-bond donors (Lipinski definition) is 0. The third-order valence-corrected chi connectivity index (χ3v) is 6.44. The minimum atomic E-state index is -3.12. The highest BCUT2D eigenvalue weighted by Gasteiger charge is 2.47. The summed E-state index contributed by atoms with van der Waals surface area (Å²) in [6.07, 6.45) is 3.82. The van der Waals surface area contributed by atoms with E-state index >= 15 is 0 Å². The van der Waals surface area contributed by atoms with Crippen molar-refractivity contribution in [3.63, 3.8) is 0 Å². The Morgan fingerprint density at radius 3 is 2.83 bits per heavy atom. The van der Waals surface area contributed by atoms with Gasteiger partial charge in [0, 0.05) is 45.2 Å². The molecule has 24 heavy (non-hydrogen) atoms. The van der Waals surface area contributed by atoms with E-state index in [9.17, 15) is 13.2 Å². The van der Waals surface area contributed by atoms with Gasteiger partial charge in [-0.15, -0.1) is 0 Å². The second-order valence-electron chi connectivity index (χ2n) is 6.37. The molecule has 8 heteroatoms. The summed E-state index contributed by atoms with van der Waals surface area (Å²) in [5.41, 5.74) is 1.06. The van der Waals surface area contributed by atoms with Gasteiger partial charge in [-0.3, -0.25) is 14.7 Å². The summed E-state index contributed by atoms with van der Waals surface area (Å²) in [4.78, 5) is 20.4. The lowest BCUT2D eigenvalue weighted by molar-refractivity contribution is -0.138. The Labute approximate surface area is 142 Å². The maximum absolute atomic E-state index is 12.4. The fourth-order valence-corrected chi connectivity index (χ4v) is 5.60. The van der Waals surface area contributed by atoms with E-state index in [2.05, 4.69) is 9.88 Å². The van der Waals surface area contributed by atoms with Gasteiger partial charge >= 0.3 is 0 Å². The Morgan fingerprint density at radius 2 is 2.12 bits per heavy atom. The molecule has 0 saturated carbocycles. The maximum atomic E-state index is 12.4. The third-order valence-electron chi connectivity index (χ3n) is 4.74. The van der Waals surface area contributed by atoms with Crippen LogP contribution in [0.1, 0.15) is 12.0 Å². The van der Waals surface area contributed by atoms with Crippen LogP contribution in [0.25, 0.3) is 0 Å². The highest BCUT2D eigenvalue weighted by Crippen LogP contribution is 2.28. The van der Waals surface area contributed by atoms with E-state index in [0.29, 0.717) is 32.7 Å². The number of aromatic nitrogens is 1. The summed E-state index contributed by atoms with van der Waals surface area (Å²) in [6, 6.07) is 3.46. The normalized spacial score (nSPS) is 26.3. The summed E-state index contributed by atoms with van der Waals surface area (Å²) in [6.45, 7) is 2.24. The zero-order valence-electron chi connectivity index (χ0n) is 13.8. The van der Waals surface area contributed by atoms with Crippen molar-refractivity contribution in [3.8, 4) is 0 Å². The number of pyridine rings is 1. The summed E-state index contributed by atoms with van der Waals surface area (Å²) in [5.74, 6) is 0.149. The molecule has 1 amide bonds. The monoisotopic (exact) mass is 353 g/mol. The fourth-order valence-electron chi connectivity index (χ4n) is 3.59. The number of amides is 1. The van der Waals surface area contributed by atoms with Crippen molar-refractivity contribution in [1.82, 2.24) is 14.8 Å². The minimum absolute atomic E-state index is 0.0232. The Morgan fingerprint density at radius 1 is 1.33 bits per heavy atom. The van der Waals surface area contributed by atoms with Gasteiger partial charge in [-0.2, -0.15) is 0 Å². The molecule has 1 aromatic rings. The van der Waals surface area contributed by atoms with E-state index < -0.39 is 9.84 Å². The average Bonchev–Trinajstić information content (AvgIpc) is 2.89. The van der Waals surface area contributed by atoms with Crippen LogP contribution in [0.4, 0.5) is 0 Å². The van der Waals surface area contributed by atoms with Crippen LogP contribution in [0.2, 0.25) is 0 Å². The second kappa shape index (κ2) is 7.16. The number of carbonyl (C=O) groups is 1. The molecule has 0 unspecified atom stereocenters. The van der Waals surface area contributed by atoms with Gasteiger partial charge in [-0.25, -0.2) is 8.42 Å². The van der Waals surface area contributed by atoms with Crippen LogP contribution in [0, 0.1) is 0 Å². The molecule has 0 aromatic carbocycles. The second-order valence-corrected chi connectivity index (χ2v) is 8.53. The molecule has 0 N–H and O–H groups in total. The standard InChI is InChI=1S/C16H23N3O4S/c1-23-8-4-16(20)19-7-6-18(10-13-3-2-5-17-9-13)14-11-24(21,22)12-15(14)19/h2-3,5,9,14-15H,4,6-8,10-12H2,1H3/t14-,15+/m1/s1. The lowest BCUT2D eigenvalue weighted by atomic mass is 10.0. The molecule has 2 fully saturated rings. The first-order valence-electron chi connectivity index (χ1n) is 8.12. The quantitative estimate of drug-likeness (QED) is 0.737. The van der Waals surface area contributed by atoms with Gasteiger partial charge < -0.3 is 9.64 Å². The summed E-state index contributed by atoms with van der Waals surface area (Å²) < 4.78 is 29.3. The van der Waals surface area contributed by atoms with Gasteiger partial charge in [0.15, 0.2) is 9.84 Å². The summed E-state index contributed by atoms with van der Waals surface area (Å²) in [5, 5.41) is 0. The van der Waals surface area contributed by atoms with Crippen LogP contribution in [0.3, 0.4) is 0 Å².